The van der Waals surface area contributed by atoms with Crippen molar-refractivity contribution < 1.29 is 18.4 Å². The molecular formula is C26H28F2N6O2. The van der Waals surface area contributed by atoms with Crippen LogP contribution >= 0.6 is 0 Å². The van der Waals surface area contributed by atoms with E-state index in [1.807, 2.05) is 0 Å². The standard InChI is InChI=1S/C26H28F2N6O2/c1-15(2)31-25(35)16-5-6-19(27)18(12-16)24-20(28)7-8-21(32-24)26(36)33-22-13-30-10-9-23(22)34-11-3-4-17(29)14-34/h5-10,12-13,15,17H,3-4,11,14,29H2,1-2H3,(H,31,35)(H,33,36)/t17-/m0/s1. The molecule has 1 saturated heterocycles. The molecule has 3 aromatic rings. The Morgan fingerprint density at radius 2 is 1.89 bits per heavy atom. The SMILES string of the molecule is CC(C)NC(=O)c1ccc(F)c(-c2nc(C(=O)Nc3cnccc3N3CCC[C@H](N)C3)ccc2F)c1. The highest BCUT2D eigenvalue weighted by Gasteiger charge is 2.22. The van der Waals surface area contributed by atoms with Crippen LogP contribution in [-0.4, -0.2) is 47.0 Å². The van der Waals surface area contributed by atoms with Gasteiger partial charge in [0.05, 0.1) is 17.6 Å². The molecule has 36 heavy (non-hydrogen) atoms. The van der Waals surface area contributed by atoms with E-state index in [0.29, 0.717) is 12.2 Å². The zero-order chi connectivity index (χ0) is 25.8. The number of amides is 2. The van der Waals surface area contributed by atoms with E-state index >= 15 is 0 Å². The van der Waals surface area contributed by atoms with Gasteiger partial charge in [-0.15, -0.1) is 0 Å². The third kappa shape index (κ3) is 5.65. The fraction of sp³-hybridized carbons (Fsp3) is 0.308. The van der Waals surface area contributed by atoms with Gasteiger partial charge >= 0.3 is 0 Å². The Kier molecular flexibility index (Phi) is 7.54. The maximum absolute atomic E-state index is 14.7. The number of benzene rings is 1. The molecule has 0 spiro atoms. The van der Waals surface area contributed by atoms with Crippen LogP contribution in [0.25, 0.3) is 11.3 Å². The molecule has 1 atom stereocenters. The molecule has 1 aliphatic heterocycles. The molecule has 1 aliphatic rings. The molecule has 4 rings (SSSR count). The van der Waals surface area contributed by atoms with Gasteiger partial charge in [0.25, 0.3) is 11.8 Å². The Bertz CT molecular complexity index is 1280. The summed E-state index contributed by atoms with van der Waals surface area (Å²) >= 11 is 0. The summed E-state index contributed by atoms with van der Waals surface area (Å²) in [6.45, 7) is 5.02. The summed E-state index contributed by atoms with van der Waals surface area (Å²) < 4.78 is 29.4. The van der Waals surface area contributed by atoms with E-state index in [2.05, 4.69) is 25.5 Å². The molecule has 1 fully saturated rings. The number of carbonyl (C=O) groups excluding carboxylic acids is 2. The second-order valence-electron chi connectivity index (χ2n) is 9.04. The van der Waals surface area contributed by atoms with Crippen LogP contribution in [-0.2, 0) is 0 Å². The van der Waals surface area contributed by atoms with Crippen LogP contribution in [0, 0.1) is 11.6 Å². The monoisotopic (exact) mass is 494 g/mol. The van der Waals surface area contributed by atoms with E-state index in [9.17, 15) is 18.4 Å². The van der Waals surface area contributed by atoms with Crippen molar-refractivity contribution in [2.24, 2.45) is 5.73 Å². The molecule has 4 N–H and O–H groups in total. The maximum atomic E-state index is 14.7. The molecule has 0 unspecified atom stereocenters. The molecule has 0 bridgehead atoms. The van der Waals surface area contributed by atoms with Crippen LogP contribution in [0.1, 0.15) is 47.5 Å². The Balaban J connectivity index is 1.62. The largest absolute Gasteiger partial charge is 0.368 e. The fourth-order valence-corrected chi connectivity index (χ4v) is 4.13. The molecule has 2 amide bonds. The Hall–Kier alpha value is -3.92. The number of rotatable bonds is 6. The summed E-state index contributed by atoms with van der Waals surface area (Å²) in [6.07, 6.45) is 5.01. The minimum Gasteiger partial charge on any atom is -0.368 e. The highest BCUT2D eigenvalue weighted by atomic mass is 19.1. The molecule has 1 aromatic carbocycles. The first-order chi connectivity index (χ1) is 17.2. The van der Waals surface area contributed by atoms with Gasteiger partial charge in [0.2, 0.25) is 0 Å². The fourth-order valence-electron chi connectivity index (χ4n) is 4.13. The van der Waals surface area contributed by atoms with Crippen LogP contribution < -0.4 is 21.3 Å². The van der Waals surface area contributed by atoms with Crippen molar-refractivity contribution in [3.63, 3.8) is 0 Å². The number of pyridine rings is 2. The van der Waals surface area contributed by atoms with Crippen molar-refractivity contribution in [2.75, 3.05) is 23.3 Å². The van der Waals surface area contributed by atoms with Crippen molar-refractivity contribution in [2.45, 2.75) is 38.8 Å². The number of nitrogens with one attached hydrogen (secondary N) is 2. The summed E-state index contributed by atoms with van der Waals surface area (Å²) in [4.78, 5) is 35.7. The number of hydrogen-bond donors (Lipinski definition) is 3. The minimum absolute atomic E-state index is 0.0325. The first-order valence-electron chi connectivity index (χ1n) is 11.8. The van der Waals surface area contributed by atoms with Crippen molar-refractivity contribution in [1.29, 1.82) is 0 Å². The van der Waals surface area contributed by atoms with Gasteiger partial charge in [0.1, 0.15) is 23.0 Å². The molecule has 10 heteroatoms. The van der Waals surface area contributed by atoms with Crippen molar-refractivity contribution in [1.82, 2.24) is 15.3 Å². The lowest BCUT2D eigenvalue weighted by Crippen LogP contribution is -2.43. The lowest BCUT2D eigenvalue weighted by atomic mass is 10.0. The van der Waals surface area contributed by atoms with E-state index < -0.39 is 23.4 Å². The molecule has 0 radical (unpaired) electrons. The predicted molar refractivity (Wildman–Crippen MR) is 134 cm³/mol. The maximum Gasteiger partial charge on any atom is 0.274 e. The van der Waals surface area contributed by atoms with Crippen molar-refractivity contribution >= 4 is 23.2 Å². The van der Waals surface area contributed by atoms with Gasteiger partial charge in [-0.1, -0.05) is 0 Å². The zero-order valence-electron chi connectivity index (χ0n) is 20.1. The van der Waals surface area contributed by atoms with E-state index in [4.69, 9.17) is 5.73 Å². The number of nitrogens with zero attached hydrogens (tertiary/aromatic N) is 3. The number of piperidine rings is 1. The van der Waals surface area contributed by atoms with Crippen LogP contribution in [0.2, 0.25) is 0 Å². The third-order valence-electron chi connectivity index (χ3n) is 5.83. The van der Waals surface area contributed by atoms with Gasteiger partial charge in [-0.05, 0) is 63.1 Å². The second kappa shape index (κ2) is 10.8. The van der Waals surface area contributed by atoms with E-state index in [0.717, 1.165) is 37.2 Å². The van der Waals surface area contributed by atoms with Crippen LogP contribution in [0.3, 0.4) is 0 Å². The smallest absolute Gasteiger partial charge is 0.274 e. The summed E-state index contributed by atoms with van der Waals surface area (Å²) in [7, 11) is 0. The topological polar surface area (TPSA) is 113 Å². The van der Waals surface area contributed by atoms with E-state index in [-0.39, 0.29) is 34.6 Å². The number of hydrogen-bond acceptors (Lipinski definition) is 6. The van der Waals surface area contributed by atoms with Gasteiger partial charge in [-0.25, -0.2) is 13.8 Å². The average Bonchev–Trinajstić information content (AvgIpc) is 2.84. The van der Waals surface area contributed by atoms with Crippen molar-refractivity contribution in [3.05, 3.63) is 71.7 Å². The Labute approximate surface area is 207 Å². The summed E-state index contributed by atoms with van der Waals surface area (Å²) in [5.41, 5.74) is 6.78. The minimum atomic E-state index is -0.823. The molecule has 0 aliphatic carbocycles. The van der Waals surface area contributed by atoms with Crippen LogP contribution in [0.5, 0.6) is 0 Å². The normalized spacial score (nSPS) is 15.6. The zero-order valence-corrected chi connectivity index (χ0v) is 20.1. The summed E-state index contributed by atoms with van der Waals surface area (Å²) in [5, 5.41) is 5.48. The molecule has 3 heterocycles. The number of aromatic nitrogens is 2. The predicted octanol–water partition coefficient (Wildman–Crippen LogP) is 3.74. The molecular weight excluding hydrogens is 466 g/mol. The van der Waals surface area contributed by atoms with Crippen LogP contribution in [0.4, 0.5) is 20.2 Å². The average molecular weight is 495 g/mol. The number of nitrogens with two attached hydrogens (primary N) is 1. The molecule has 8 nitrogen and oxygen atoms in total. The lowest BCUT2D eigenvalue weighted by Gasteiger charge is -2.33. The first kappa shape index (κ1) is 25.2. The number of halogens is 2. The molecule has 0 saturated carbocycles. The summed E-state index contributed by atoms with van der Waals surface area (Å²) in [6, 6.07) is 7.56. The Morgan fingerprint density at radius 3 is 2.64 bits per heavy atom. The van der Waals surface area contributed by atoms with Gasteiger partial charge < -0.3 is 21.3 Å². The quantitative estimate of drug-likeness (QED) is 0.481. The lowest BCUT2D eigenvalue weighted by molar-refractivity contribution is 0.0942. The van der Waals surface area contributed by atoms with Crippen LogP contribution in [0.15, 0.2) is 48.8 Å². The van der Waals surface area contributed by atoms with Gasteiger partial charge in [-0.3, -0.25) is 14.6 Å². The first-order valence-corrected chi connectivity index (χ1v) is 11.8. The molecule has 2 aromatic heterocycles. The van der Waals surface area contributed by atoms with E-state index in [1.54, 1.807) is 26.1 Å². The number of carbonyl (C=O) groups is 2. The second-order valence-corrected chi connectivity index (χ2v) is 9.04. The number of anilines is 2. The van der Waals surface area contributed by atoms with E-state index in [1.165, 1.54) is 24.4 Å². The van der Waals surface area contributed by atoms with Crippen molar-refractivity contribution in [3.8, 4) is 11.3 Å². The highest BCUT2D eigenvalue weighted by Crippen LogP contribution is 2.29. The van der Waals surface area contributed by atoms with Gasteiger partial charge in [0, 0.05) is 42.5 Å². The Morgan fingerprint density at radius 1 is 1.11 bits per heavy atom. The molecule has 188 valence electrons. The van der Waals surface area contributed by atoms with Gasteiger partial charge in [0.15, 0.2) is 0 Å². The third-order valence-corrected chi connectivity index (χ3v) is 5.83. The van der Waals surface area contributed by atoms with Gasteiger partial charge in [-0.2, -0.15) is 0 Å². The highest BCUT2D eigenvalue weighted by molar-refractivity contribution is 6.05. The summed E-state index contributed by atoms with van der Waals surface area (Å²) in [5.74, 6) is -2.63.